The molecule has 0 saturated heterocycles. The Labute approximate surface area is 194 Å². The van der Waals surface area contributed by atoms with E-state index in [1.165, 1.54) is 32.1 Å². The SMILES string of the molecule is CCCC/C=C/CCCCCCC[N+](CCCC(=O)O)(CCCC(=O)O)CCCC(=O)O. The van der Waals surface area contributed by atoms with Gasteiger partial charge in [-0.25, -0.2) is 0 Å². The summed E-state index contributed by atoms with van der Waals surface area (Å²) in [6.45, 7) is 5.04. The van der Waals surface area contributed by atoms with Gasteiger partial charge in [-0.15, -0.1) is 0 Å². The number of hydrogen-bond donors (Lipinski definition) is 3. The molecule has 0 rings (SSSR count). The summed E-state index contributed by atoms with van der Waals surface area (Å²) < 4.78 is 0.633. The van der Waals surface area contributed by atoms with Gasteiger partial charge in [0.2, 0.25) is 0 Å². The fourth-order valence-electron chi connectivity index (χ4n) is 4.17. The zero-order chi connectivity index (χ0) is 24.1. The van der Waals surface area contributed by atoms with E-state index in [2.05, 4.69) is 19.1 Å². The van der Waals surface area contributed by atoms with Crippen LogP contribution < -0.4 is 0 Å². The molecular formula is C25H46NO6+. The summed E-state index contributed by atoms with van der Waals surface area (Å²) in [5, 5.41) is 27.1. The molecule has 0 bridgehead atoms. The highest BCUT2D eigenvalue weighted by Gasteiger charge is 2.27. The van der Waals surface area contributed by atoms with Crippen molar-refractivity contribution in [2.24, 2.45) is 0 Å². The molecule has 0 aliphatic rings. The third-order valence-electron chi connectivity index (χ3n) is 5.96. The monoisotopic (exact) mass is 456 g/mol. The van der Waals surface area contributed by atoms with Gasteiger partial charge in [-0.1, -0.05) is 44.8 Å². The molecule has 186 valence electrons. The summed E-state index contributed by atoms with van der Waals surface area (Å²) in [6.07, 6.45) is 16.8. The van der Waals surface area contributed by atoms with Gasteiger partial charge in [-0.05, 0) is 32.1 Å². The molecule has 7 nitrogen and oxygen atoms in total. The Balaban J connectivity index is 4.61. The van der Waals surface area contributed by atoms with Gasteiger partial charge in [-0.2, -0.15) is 0 Å². The highest BCUT2D eigenvalue weighted by Crippen LogP contribution is 2.18. The smallest absolute Gasteiger partial charge is 0.303 e. The van der Waals surface area contributed by atoms with Crippen molar-refractivity contribution in [3.8, 4) is 0 Å². The van der Waals surface area contributed by atoms with Gasteiger partial charge in [0.25, 0.3) is 0 Å². The average molecular weight is 457 g/mol. The summed E-state index contributed by atoms with van der Waals surface area (Å²) in [5.41, 5.74) is 0. The van der Waals surface area contributed by atoms with Gasteiger partial charge in [0.1, 0.15) is 0 Å². The zero-order valence-electron chi connectivity index (χ0n) is 20.1. The number of aliphatic carboxylic acids is 3. The quantitative estimate of drug-likeness (QED) is 0.107. The first-order valence-corrected chi connectivity index (χ1v) is 12.5. The Hall–Kier alpha value is -1.89. The van der Waals surface area contributed by atoms with Gasteiger partial charge in [-0.3, -0.25) is 14.4 Å². The number of nitrogens with zero attached hydrogens (tertiary/aromatic N) is 1. The normalized spacial score (nSPS) is 11.8. The lowest BCUT2D eigenvalue weighted by atomic mass is 10.1. The number of rotatable bonds is 23. The molecule has 0 aromatic heterocycles. The van der Waals surface area contributed by atoms with Crippen molar-refractivity contribution >= 4 is 17.9 Å². The van der Waals surface area contributed by atoms with Crippen molar-refractivity contribution in [3.63, 3.8) is 0 Å². The van der Waals surface area contributed by atoms with E-state index in [1.807, 2.05) is 0 Å². The number of quaternary nitrogens is 1. The van der Waals surface area contributed by atoms with E-state index in [4.69, 9.17) is 15.3 Å². The van der Waals surface area contributed by atoms with Crippen LogP contribution in [0.5, 0.6) is 0 Å². The van der Waals surface area contributed by atoms with Gasteiger partial charge in [0, 0.05) is 19.3 Å². The van der Waals surface area contributed by atoms with Crippen LogP contribution in [0.2, 0.25) is 0 Å². The minimum absolute atomic E-state index is 0.0869. The number of carboxylic acid groups (broad SMARTS) is 3. The van der Waals surface area contributed by atoms with E-state index >= 15 is 0 Å². The number of allylic oxidation sites excluding steroid dienone is 2. The third kappa shape index (κ3) is 18.8. The van der Waals surface area contributed by atoms with Crippen molar-refractivity contribution in [2.75, 3.05) is 26.2 Å². The molecule has 0 atom stereocenters. The lowest BCUT2D eigenvalue weighted by Crippen LogP contribution is -2.51. The predicted molar refractivity (Wildman–Crippen MR) is 127 cm³/mol. The van der Waals surface area contributed by atoms with Crippen molar-refractivity contribution < 1.29 is 34.2 Å². The standard InChI is InChI=1S/C25H45NO6/c1-2-3-4-5-6-7-8-9-10-11-12-19-26(20-13-16-23(27)28,21-14-17-24(29)30)22-15-18-25(31)32/h5-6H,2-4,7-22H2,1H3,(H2-,27,28,29,30,31,32)/p+1/b6-5+. The van der Waals surface area contributed by atoms with Crippen molar-refractivity contribution in [3.05, 3.63) is 12.2 Å². The lowest BCUT2D eigenvalue weighted by molar-refractivity contribution is -0.929. The van der Waals surface area contributed by atoms with E-state index in [-0.39, 0.29) is 19.3 Å². The highest BCUT2D eigenvalue weighted by atomic mass is 16.4. The Morgan fingerprint density at radius 3 is 1.38 bits per heavy atom. The number of hydrogen-bond acceptors (Lipinski definition) is 3. The average Bonchev–Trinajstić information content (AvgIpc) is 2.71. The molecule has 0 aliphatic heterocycles. The molecular weight excluding hydrogens is 410 g/mol. The van der Waals surface area contributed by atoms with Crippen LogP contribution >= 0.6 is 0 Å². The fourth-order valence-corrected chi connectivity index (χ4v) is 4.17. The predicted octanol–water partition coefficient (Wildman–Crippen LogP) is 5.48. The Bertz CT molecular complexity index is 496. The summed E-state index contributed by atoms with van der Waals surface area (Å²) in [6, 6.07) is 0. The maximum absolute atomic E-state index is 11.0. The van der Waals surface area contributed by atoms with Crippen LogP contribution in [0.3, 0.4) is 0 Å². The molecule has 0 heterocycles. The number of carbonyl (C=O) groups is 3. The highest BCUT2D eigenvalue weighted by molar-refractivity contribution is 5.67. The van der Waals surface area contributed by atoms with E-state index < -0.39 is 17.9 Å². The molecule has 0 aromatic rings. The second-order valence-corrected chi connectivity index (χ2v) is 8.90. The molecule has 0 aromatic carbocycles. The minimum atomic E-state index is -0.831. The van der Waals surface area contributed by atoms with Gasteiger partial charge in [0.05, 0.1) is 45.4 Å². The van der Waals surface area contributed by atoms with Gasteiger partial charge >= 0.3 is 17.9 Å². The Morgan fingerprint density at radius 1 is 0.562 bits per heavy atom. The Morgan fingerprint density at radius 2 is 0.938 bits per heavy atom. The number of carboxylic acids is 3. The lowest BCUT2D eigenvalue weighted by Gasteiger charge is -2.39. The Kier molecular flexibility index (Phi) is 18.6. The van der Waals surface area contributed by atoms with Crippen LogP contribution in [0.4, 0.5) is 0 Å². The summed E-state index contributed by atoms with van der Waals surface area (Å²) in [7, 11) is 0. The van der Waals surface area contributed by atoms with E-state index in [9.17, 15) is 14.4 Å². The van der Waals surface area contributed by atoms with Crippen LogP contribution in [0.25, 0.3) is 0 Å². The third-order valence-corrected chi connectivity index (χ3v) is 5.96. The molecule has 7 heteroatoms. The molecule has 0 aliphatic carbocycles. The zero-order valence-corrected chi connectivity index (χ0v) is 20.1. The molecule has 0 unspecified atom stereocenters. The van der Waals surface area contributed by atoms with E-state index in [0.717, 1.165) is 32.2 Å². The van der Waals surface area contributed by atoms with E-state index in [0.29, 0.717) is 43.4 Å². The van der Waals surface area contributed by atoms with Crippen LogP contribution in [0, 0.1) is 0 Å². The van der Waals surface area contributed by atoms with Crippen LogP contribution in [-0.4, -0.2) is 63.9 Å². The minimum Gasteiger partial charge on any atom is -0.481 e. The van der Waals surface area contributed by atoms with Gasteiger partial charge < -0.3 is 19.8 Å². The molecule has 0 fully saturated rings. The molecule has 0 saturated carbocycles. The maximum atomic E-state index is 11.0. The summed E-state index contributed by atoms with van der Waals surface area (Å²) >= 11 is 0. The molecule has 0 amide bonds. The molecule has 32 heavy (non-hydrogen) atoms. The van der Waals surface area contributed by atoms with Crippen molar-refractivity contribution in [1.29, 1.82) is 0 Å². The first-order valence-electron chi connectivity index (χ1n) is 12.5. The van der Waals surface area contributed by atoms with Crippen LogP contribution in [0.15, 0.2) is 12.2 Å². The largest absolute Gasteiger partial charge is 0.481 e. The van der Waals surface area contributed by atoms with Crippen molar-refractivity contribution in [2.45, 2.75) is 103 Å². The summed E-state index contributed by atoms with van der Waals surface area (Å²) in [5.74, 6) is -2.49. The molecule has 0 radical (unpaired) electrons. The summed E-state index contributed by atoms with van der Waals surface area (Å²) in [4.78, 5) is 33.0. The van der Waals surface area contributed by atoms with Crippen molar-refractivity contribution in [1.82, 2.24) is 0 Å². The first-order chi connectivity index (χ1) is 15.3. The van der Waals surface area contributed by atoms with Crippen LogP contribution in [-0.2, 0) is 14.4 Å². The molecule has 0 spiro atoms. The topological polar surface area (TPSA) is 112 Å². The fraction of sp³-hybridized carbons (Fsp3) is 0.800. The van der Waals surface area contributed by atoms with Crippen LogP contribution in [0.1, 0.15) is 103 Å². The first kappa shape index (κ1) is 30.1. The van der Waals surface area contributed by atoms with E-state index in [1.54, 1.807) is 0 Å². The second kappa shape index (κ2) is 19.8. The maximum Gasteiger partial charge on any atom is 0.303 e. The van der Waals surface area contributed by atoms with Gasteiger partial charge in [0.15, 0.2) is 0 Å². The molecule has 3 N–H and O–H groups in total. The second-order valence-electron chi connectivity index (χ2n) is 8.90. The number of unbranched alkanes of at least 4 members (excludes halogenated alkanes) is 7.